The molecule has 1 aromatic rings. The van der Waals surface area contributed by atoms with Gasteiger partial charge in [0.05, 0.1) is 6.10 Å². The minimum absolute atomic E-state index is 0.364. The molecule has 0 aromatic heterocycles. The van der Waals surface area contributed by atoms with Gasteiger partial charge in [-0.25, -0.2) is 4.79 Å². The first-order valence-electron chi connectivity index (χ1n) is 11.6. The van der Waals surface area contributed by atoms with Crippen molar-refractivity contribution in [2.24, 2.45) is 0 Å². The lowest BCUT2D eigenvalue weighted by Gasteiger charge is -2.24. The molecular weight excluding hydrogens is 408 g/mol. The van der Waals surface area contributed by atoms with E-state index >= 15 is 0 Å². The van der Waals surface area contributed by atoms with Gasteiger partial charge in [-0.15, -0.1) is 0 Å². The zero-order chi connectivity index (χ0) is 24.1. The maximum absolute atomic E-state index is 12.5. The van der Waals surface area contributed by atoms with Gasteiger partial charge in [0, 0.05) is 18.5 Å². The molecule has 0 radical (unpaired) electrons. The van der Waals surface area contributed by atoms with Crippen molar-refractivity contribution in [3.05, 3.63) is 29.8 Å². The molecule has 7 nitrogen and oxygen atoms in total. The predicted molar refractivity (Wildman–Crippen MR) is 127 cm³/mol. The summed E-state index contributed by atoms with van der Waals surface area (Å²) in [5.74, 6) is -0.157. The van der Waals surface area contributed by atoms with Crippen molar-refractivity contribution in [1.82, 2.24) is 5.32 Å². The number of carbonyl (C=O) groups is 3. The van der Waals surface area contributed by atoms with Crippen LogP contribution in [0.15, 0.2) is 24.3 Å². The van der Waals surface area contributed by atoms with Gasteiger partial charge in [-0.1, -0.05) is 31.9 Å². The highest BCUT2D eigenvalue weighted by atomic mass is 16.6. The van der Waals surface area contributed by atoms with Crippen molar-refractivity contribution in [3.8, 4) is 0 Å². The fraction of sp³-hybridized carbons (Fsp3) is 0.640. The Balaban J connectivity index is 2.46. The smallest absolute Gasteiger partial charge is 0.408 e. The molecule has 7 heteroatoms. The van der Waals surface area contributed by atoms with Crippen molar-refractivity contribution in [3.63, 3.8) is 0 Å². The Morgan fingerprint density at radius 1 is 1.00 bits per heavy atom. The highest BCUT2D eigenvalue weighted by Crippen LogP contribution is 2.14. The summed E-state index contributed by atoms with van der Waals surface area (Å²) in [7, 11) is 0. The van der Waals surface area contributed by atoms with Crippen LogP contribution in [0.4, 0.5) is 10.5 Å². The van der Waals surface area contributed by atoms with Crippen LogP contribution in [0, 0.1) is 0 Å². The predicted octanol–water partition coefficient (Wildman–Crippen LogP) is 4.76. The van der Waals surface area contributed by atoms with Crippen LogP contribution in [0.5, 0.6) is 0 Å². The summed E-state index contributed by atoms with van der Waals surface area (Å²) in [5.41, 5.74) is 1.03. The molecule has 0 spiro atoms. The van der Waals surface area contributed by atoms with E-state index in [4.69, 9.17) is 4.74 Å². The third-order valence-corrected chi connectivity index (χ3v) is 4.89. The Bertz CT molecular complexity index is 723. The van der Waals surface area contributed by atoms with Crippen molar-refractivity contribution in [2.45, 2.75) is 104 Å². The number of benzene rings is 1. The van der Waals surface area contributed by atoms with Gasteiger partial charge in [-0.3, -0.25) is 9.59 Å². The highest BCUT2D eigenvalue weighted by Gasteiger charge is 2.28. The zero-order valence-electron chi connectivity index (χ0n) is 20.2. The molecule has 0 aliphatic carbocycles. The lowest BCUT2D eigenvalue weighted by Crippen LogP contribution is -2.51. The van der Waals surface area contributed by atoms with E-state index in [-0.39, 0.29) is 0 Å². The van der Waals surface area contributed by atoms with Crippen LogP contribution in [-0.2, 0) is 20.7 Å². The second-order valence-corrected chi connectivity index (χ2v) is 9.25. The molecule has 0 unspecified atom stereocenters. The van der Waals surface area contributed by atoms with Crippen LogP contribution in [0.25, 0.3) is 0 Å². The van der Waals surface area contributed by atoms with Crippen molar-refractivity contribution in [1.29, 1.82) is 0 Å². The Labute approximate surface area is 192 Å². The number of anilines is 1. The fourth-order valence-corrected chi connectivity index (χ4v) is 3.14. The van der Waals surface area contributed by atoms with Gasteiger partial charge in [-0.2, -0.15) is 0 Å². The molecule has 32 heavy (non-hydrogen) atoms. The first kappa shape index (κ1) is 27.6. The number of hydrogen-bond donors (Lipinski definition) is 3. The van der Waals surface area contributed by atoms with Crippen LogP contribution in [-0.4, -0.2) is 40.6 Å². The van der Waals surface area contributed by atoms with E-state index in [1.807, 2.05) is 12.1 Å². The standard InChI is InChI=1S/C25H40N2O5/c1-6-7-12-21(29)13-10-8-9-11-19-14-16-20(17-15-19)26-23(30)22(18(2)28)27-24(31)32-25(3,4)5/h14-18,22,28H,6-13H2,1-5H3,(H,26,30)(H,27,31)/t18-,22+/m1/s1. The number of carbonyl (C=O) groups excluding carboxylic acids is 3. The molecule has 0 aliphatic heterocycles. The number of ether oxygens (including phenoxy) is 1. The van der Waals surface area contributed by atoms with Crippen molar-refractivity contribution >= 4 is 23.5 Å². The van der Waals surface area contributed by atoms with Crippen LogP contribution < -0.4 is 10.6 Å². The SMILES string of the molecule is CCCCC(=O)CCCCCc1ccc(NC(=O)[C@@H](NC(=O)OC(C)(C)C)[C@@H](C)O)cc1. The van der Waals surface area contributed by atoms with Crippen LogP contribution in [0.1, 0.15) is 85.1 Å². The number of amides is 2. The Kier molecular flexibility index (Phi) is 12.0. The Hall–Kier alpha value is -2.41. The molecule has 0 saturated heterocycles. The lowest BCUT2D eigenvalue weighted by molar-refractivity contribution is -0.120. The number of hydrogen-bond acceptors (Lipinski definition) is 5. The molecule has 0 aliphatic rings. The molecule has 0 saturated carbocycles. The molecule has 3 N–H and O–H groups in total. The molecule has 2 amide bonds. The average Bonchev–Trinajstić information content (AvgIpc) is 2.69. The number of aryl methyl sites for hydroxylation is 1. The molecule has 2 atom stereocenters. The molecule has 0 heterocycles. The molecule has 180 valence electrons. The molecule has 0 bridgehead atoms. The van der Waals surface area contributed by atoms with Gasteiger partial charge >= 0.3 is 6.09 Å². The third-order valence-electron chi connectivity index (χ3n) is 4.89. The Morgan fingerprint density at radius 3 is 2.19 bits per heavy atom. The number of unbranched alkanes of at least 4 members (excludes halogenated alkanes) is 3. The largest absolute Gasteiger partial charge is 0.444 e. The molecule has 0 fully saturated rings. The van der Waals surface area contributed by atoms with E-state index in [9.17, 15) is 19.5 Å². The maximum atomic E-state index is 12.5. The minimum Gasteiger partial charge on any atom is -0.444 e. The summed E-state index contributed by atoms with van der Waals surface area (Å²) in [6.45, 7) is 8.69. The highest BCUT2D eigenvalue weighted by molar-refractivity contribution is 5.97. The summed E-state index contributed by atoms with van der Waals surface area (Å²) in [4.78, 5) is 36.2. The summed E-state index contributed by atoms with van der Waals surface area (Å²) >= 11 is 0. The zero-order valence-corrected chi connectivity index (χ0v) is 20.2. The summed E-state index contributed by atoms with van der Waals surface area (Å²) in [5, 5.41) is 15.1. The van der Waals surface area contributed by atoms with Gasteiger partial charge in [0.1, 0.15) is 17.4 Å². The lowest BCUT2D eigenvalue weighted by atomic mass is 10.0. The van der Waals surface area contributed by atoms with E-state index in [2.05, 4.69) is 17.6 Å². The fourth-order valence-electron chi connectivity index (χ4n) is 3.14. The number of aliphatic hydroxyl groups excluding tert-OH is 1. The van der Waals surface area contributed by atoms with E-state index in [1.165, 1.54) is 6.92 Å². The van der Waals surface area contributed by atoms with Gasteiger partial charge in [0.25, 0.3) is 0 Å². The number of nitrogens with one attached hydrogen (secondary N) is 2. The maximum Gasteiger partial charge on any atom is 0.408 e. The van der Waals surface area contributed by atoms with Crippen molar-refractivity contribution < 1.29 is 24.2 Å². The second-order valence-electron chi connectivity index (χ2n) is 9.25. The number of Topliss-reactive ketones (excluding diaryl/α,β-unsaturated/α-hetero) is 1. The number of rotatable bonds is 13. The van der Waals surface area contributed by atoms with E-state index in [1.54, 1.807) is 32.9 Å². The first-order chi connectivity index (χ1) is 15.0. The van der Waals surface area contributed by atoms with Crippen LogP contribution >= 0.6 is 0 Å². The van der Waals surface area contributed by atoms with Gasteiger partial charge in [-0.05, 0) is 71.1 Å². The summed E-state index contributed by atoms with van der Waals surface area (Å²) in [6.07, 6.45) is 5.44. The second kappa shape index (κ2) is 13.9. The van der Waals surface area contributed by atoms with E-state index in [0.29, 0.717) is 24.3 Å². The Morgan fingerprint density at radius 2 is 1.62 bits per heavy atom. The first-order valence-corrected chi connectivity index (χ1v) is 11.6. The normalized spacial score (nSPS) is 13.2. The van der Waals surface area contributed by atoms with Gasteiger partial charge in [0.15, 0.2) is 0 Å². The monoisotopic (exact) mass is 448 g/mol. The van der Waals surface area contributed by atoms with Gasteiger partial charge in [0.2, 0.25) is 5.91 Å². The number of aliphatic hydroxyl groups is 1. The molecular formula is C25H40N2O5. The van der Waals surface area contributed by atoms with E-state index < -0.39 is 29.7 Å². The quantitative estimate of drug-likeness (QED) is 0.377. The van der Waals surface area contributed by atoms with Crippen LogP contribution in [0.2, 0.25) is 0 Å². The summed E-state index contributed by atoms with van der Waals surface area (Å²) in [6, 6.07) is 6.35. The van der Waals surface area contributed by atoms with Crippen LogP contribution in [0.3, 0.4) is 0 Å². The van der Waals surface area contributed by atoms with E-state index in [0.717, 1.165) is 44.1 Å². The third kappa shape index (κ3) is 11.8. The molecule has 1 rings (SSSR count). The molecule has 1 aromatic carbocycles. The number of ketones is 1. The minimum atomic E-state index is -1.13. The average molecular weight is 449 g/mol. The van der Waals surface area contributed by atoms with Crippen molar-refractivity contribution in [2.75, 3.05) is 5.32 Å². The summed E-state index contributed by atoms with van der Waals surface area (Å²) < 4.78 is 5.16. The van der Waals surface area contributed by atoms with Gasteiger partial charge < -0.3 is 20.5 Å². The topological polar surface area (TPSA) is 105 Å². The number of alkyl carbamates (subject to hydrolysis) is 1.